The van der Waals surface area contributed by atoms with Gasteiger partial charge in [0.25, 0.3) is 0 Å². The topological polar surface area (TPSA) is 42.7 Å². The van der Waals surface area contributed by atoms with Gasteiger partial charge in [-0.3, -0.25) is 0 Å². The Balaban J connectivity index is 2.91. The Bertz CT molecular complexity index is 396. The predicted molar refractivity (Wildman–Crippen MR) is 37.2 cm³/mol. The van der Waals surface area contributed by atoms with Gasteiger partial charge in [0.2, 0.25) is 11.7 Å². The van der Waals surface area contributed by atoms with Crippen molar-refractivity contribution in [2.24, 2.45) is 0 Å². The van der Waals surface area contributed by atoms with Crippen molar-refractivity contribution in [3.8, 4) is 0 Å². The van der Waals surface area contributed by atoms with Crippen LogP contribution in [0.5, 0.6) is 0 Å². The largest absolute Gasteiger partial charge is 0.618 e. The average molecular weight is 152 g/mol. The highest BCUT2D eigenvalue weighted by atomic mass is 19.1. The molecule has 0 amide bonds. The summed E-state index contributed by atoms with van der Waals surface area (Å²) in [4.78, 5) is 2.74. The monoisotopic (exact) mass is 152 g/mol. The standard InChI is InChI=1S/C7H5FN2O/c8-5-3-6-7(1-2-9-6)10(11)4-5/h1-4,9H. The molecule has 0 unspecified atom stereocenters. The number of rotatable bonds is 0. The summed E-state index contributed by atoms with van der Waals surface area (Å²) in [7, 11) is 0. The van der Waals surface area contributed by atoms with Crippen LogP contribution in [0.3, 0.4) is 0 Å². The number of fused-ring (bicyclic) bond motifs is 1. The summed E-state index contributed by atoms with van der Waals surface area (Å²) in [6, 6.07) is 2.88. The smallest absolute Gasteiger partial charge is 0.241 e. The Morgan fingerprint density at radius 3 is 3.18 bits per heavy atom. The molecule has 2 aromatic heterocycles. The van der Waals surface area contributed by atoms with Gasteiger partial charge in [0.1, 0.15) is 5.52 Å². The summed E-state index contributed by atoms with van der Waals surface area (Å²) in [5.74, 6) is -0.532. The fourth-order valence-corrected chi connectivity index (χ4v) is 1.04. The number of nitrogens with one attached hydrogen (secondary N) is 1. The van der Waals surface area contributed by atoms with E-state index in [-0.39, 0.29) is 0 Å². The Morgan fingerprint density at radius 2 is 2.36 bits per heavy atom. The molecule has 2 heterocycles. The zero-order valence-corrected chi connectivity index (χ0v) is 5.54. The lowest BCUT2D eigenvalue weighted by atomic mass is 10.4. The summed E-state index contributed by atoms with van der Waals surface area (Å²) >= 11 is 0. The van der Waals surface area contributed by atoms with Crippen LogP contribution in [0.2, 0.25) is 0 Å². The molecule has 0 aliphatic carbocycles. The molecule has 2 rings (SSSR count). The summed E-state index contributed by atoms with van der Waals surface area (Å²) < 4.78 is 13.0. The first-order valence-corrected chi connectivity index (χ1v) is 3.13. The van der Waals surface area contributed by atoms with Crippen LogP contribution in [0.4, 0.5) is 4.39 Å². The van der Waals surface area contributed by atoms with Gasteiger partial charge in [-0.2, -0.15) is 4.73 Å². The molecule has 0 radical (unpaired) electrons. The molecule has 0 saturated carbocycles. The van der Waals surface area contributed by atoms with Crippen LogP contribution in [0.25, 0.3) is 11.0 Å². The van der Waals surface area contributed by atoms with Crippen LogP contribution in [0.1, 0.15) is 0 Å². The third-order valence-corrected chi connectivity index (χ3v) is 1.52. The second kappa shape index (κ2) is 1.95. The van der Waals surface area contributed by atoms with Gasteiger partial charge in [-0.15, -0.1) is 0 Å². The number of halogens is 1. The van der Waals surface area contributed by atoms with E-state index in [0.29, 0.717) is 15.8 Å². The SMILES string of the molecule is [O-][n+]1cc(F)cc2[nH]ccc21. The average Bonchev–Trinajstić information content (AvgIpc) is 2.34. The molecule has 3 nitrogen and oxygen atoms in total. The van der Waals surface area contributed by atoms with E-state index in [0.717, 1.165) is 6.20 Å². The highest BCUT2D eigenvalue weighted by molar-refractivity contribution is 5.71. The van der Waals surface area contributed by atoms with Crippen LogP contribution < -0.4 is 4.73 Å². The van der Waals surface area contributed by atoms with E-state index in [2.05, 4.69) is 4.98 Å². The van der Waals surface area contributed by atoms with Crippen molar-refractivity contribution in [1.82, 2.24) is 4.98 Å². The maximum atomic E-state index is 12.5. The Labute approximate surface area is 61.7 Å². The highest BCUT2D eigenvalue weighted by Crippen LogP contribution is 2.07. The molecule has 0 bridgehead atoms. The number of hydrogen-bond donors (Lipinski definition) is 1. The highest BCUT2D eigenvalue weighted by Gasteiger charge is 2.05. The minimum atomic E-state index is -0.532. The Hall–Kier alpha value is -1.58. The summed E-state index contributed by atoms with van der Waals surface area (Å²) in [5, 5.41) is 10.9. The molecular formula is C7H5FN2O. The lowest BCUT2D eigenvalue weighted by Gasteiger charge is -1.95. The molecule has 11 heavy (non-hydrogen) atoms. The van der Waals surface area contributed by atoms with Crippen molar-refractivity contribution in [3.05, 3.63) is 35.6 Å². The number of aromatic nitrogens is 2. The van der Waals surface area contributed by atoms with E-state index in [9.17, 15) is 9.60 Å². The maximum absolute atomic E-state index is 12.5. The van der Waals surface area contributed by atoms with E-state index >= 15 is 0 Å². The van der Waals surface area contributed by atoms with Crippen LogP contribution >= 0.6 is 0 Å². The van der Waals surface area contributed by atoms with Gasteiger partial charge in [-0.05, 0) is 0 Å². The molecule has 1 N–H and O–H groups in total. The normalized spacial score (nSPS) is 10.6. The van der Waals surface area contributed by atoms with E-state index < -0.39 is 5.82 Å². The minimum Gasteiger partial charge on any atom is -0.618 e. The molecule has 0 aliphatic heterocycles. The maximum Gasteiger partial charge on any atom is 0.241 e. The van der Waals surface area contributed by atoms with Crippen molar-refractivity contribution >= 4 is 11.0 Å². The molecule has 0 aromatic carbocycles. The van der Waals surface area contributed by atoms with E-state index in [1.807, 2.05) is 0 Å². The van der Waals surface area contributed by atoms with Gasteiger partial charge in [-0.1, -0.05) is 0 Å². The summed E-state index contributed by atoms with van der Waals surface area (Å²) in [6.07, 6.45) is 2.49. The number of hydrogen-bond acceptors (Lipinski definition) is 1. The second-order valence-electron chi connectivity index (χ2n) is 2.26. The molecule has 0 aliphatic rings. The van der Waals surface area contributed by atoms with E-state index in [1.54, 1.807) is 12.3 Å². The Kier molecular flexibility index (Phi) is 1.09. The van der Waals surface area contributed by atoms with Gasteiger partial charge in [0, 0.05) is 18.3 Å². The molecule has 2 aromatic rings. The molecule has 56 valence electrons. The Morgan fingerprint density at radius 1 is 1.55 bits per heavy atom. The van der Waals surface area contributed by atoms with E-state index in [1.165, 1.54) is 6.07 Å². The lowest BCUT2D eigenvalue weighted by Crippen LogP contribution is -2.26. The van der Waals surface area contributed by atoms with Crippen molar-refractivity contribution in [2.75, 3.05) is 0 Å². The van der Waals surface area contributed by atoms with Crippen molar-refractivity contribution in [2.45, 2.75) is 0 Å². The second-order valence-corrected chi connectivity index (χ2v) is 2.26. The first-order chi connectivity index (χ1) is 5.27. The van der Waals surface area contributed by atoms with Crippen LogP contribution in [0, 0.1) is 11.0 Å². The van der Waals surface area contributed by atoms with Crippen molar-refractivity contribution in [3.63, 3.8) is 0 Å². The van der Waals surface area contributed by atoms with Crippen LogP contribution in [-0.2, 0) is 0 Å². The minimum absolute atomic E-state index is 0.450. The molecule has 0 saturated heterocycles. The zero-order chi connectivity index (χ0) is 7.84. The predicted octanol–water partition coefficient (Wildman–Crippen LogP) is 0.940. The van der Waals surface area contributed by atoms with Gasteiger partial charge in [0.15, 0.2) is 5.82 Å². The van der Waals surface area contributed by atoms with Crippen LogP contribution in [-0.4, -0.2) is 4.98 Å². The zero-order valence-electron chi connectivity index (χ0n) is 5.54. The summed E-state index contributed by atoms with van der Waals surface area (Å²) in [6.45, 7) is 0. The fraction of sp³-hybridized carbons (Fsp3) is 0. The number of aromatic amines is 1. The van der Waals surface area contributed by atoms with Crippen LogP contribution in [0.15, 0.2) is 24.5 Å². The lowest BCUT2D eigenvalue weighted by molar-refractivity contribution is -0.578. The van der Waals surface area contributed by atoms with Gasteiger partial charge >= 0.3 is 0 Å². The quantitative estimate of drug-likeness (QED) is 0.443. The number of nitrogens with zero attached hydrogens (tertiary/aromatic N) is 1. The van der Waals surface area contributed by atoms with Gasteiger partial charge in [-0.25, -0.2) is 4.39 Å². The first kappa shape index (κ1) is 6.15. The van der Waals surface area contributed by atoms with Gasteiger partial charge < -0.3 is 10.2 Å². The third-order valence-electron chi connectivity index (χ3n) is 1.52. The van der Waals surface area contributed by atoms with Gasteiger partial charge in [0.05, 0.1) is 0 Å². The van der Waals surface area contributed by atoms with Crippen molar-refractivity contribution < 1.29 is 9.12 Å². The molecular weight excluding hydrogens is 147 g/mol. The molecule has 0 atom stereocenters. The number of H-pyrrole nitrogens is 1. The first-order valence-electron chi connectivity index (χ1n) is 3.13. The molecule has 0 fully saturated rings. The fourth-order valence-electron chi connectivity index (χ4n) is 1.04. The molecule has 4 heteroatoms. The number of pyridine rings is 1. The third kappa shape index (κ3) is 0.832. The van der Waals surface area contributed by atoms with E-state index in [4.69, 9.17) is 0 Å². The van der Waals surface area contributed by atoms with Crippen molar-refractivity contribution in [1.29, 1.82) is 0 Å². The summed E-state index contributed by atoms with van der Waals surface area (Å²) in [5.41, 5.74) is 0.964. The molecule has 0 spiro atoms.